The second kappa shape index (κ2) is 4.92. The van der Waals surface area contributed by atoms with E-state index in [1.807, 2.05) is 18.2 Å². The number of hydrogen-bond acceptors (Lipinski definition) is 4. The summed E-state index contributed by atoms with van der Waals surface area (Å²) in [5, 5.41) is 22.2. The molecule has 1 amide bonds. The molecule has 5 nitrogen and oxygen atoms in total. The van der Waals surface area contributed by atoms with E-state index in [-0.39, 0.29) is 25.0 Å². The zero-order valence-electron chi connectivity index (χ0n) is 10.6. The minimum atomic E-state index is -0.820. The van der Waals surface area contributed by atoms with E-state index in [0.29, 0.717) is 13.0 Å². The smallest absolute Gasteiger partial charge is 0.240 e. The van der Waals surface area contributed by atoms with Crippen LogP contribution in [0.1, 0.15) is 11.1 Å². The van der Waals surface area contributed by atoms with Gasteiger partial charge in [0.15, 0.2) is 0 Å². The Labute approximate surface area is 111 Å². The van der Waals surface area contributed by atoms with Crippen molar-refractivity contribution in [2.24, 2.45) is 0 Å². The van der Waals surface area contributed by atoms with E-state index in [2.05, 4.69) is 11.4 Å². The minimum Gasteiger partial charge on any atom is -0.388 e. The minimum absolute atomic E-state index is 0.0369. The lowest BCUT2D eigenvalue weighted by molar-refractivity contribution is -0.133. The van der Waals surface area contributed by atoms with Crippen molar-refractivity contribution in [3.63, 3.8) is 0 Å². The van der Waals surface area contributed by atoms with Crippen molar-refractivity contribution in [1.82, 2.24) is 10.2 Å². The fourth-order valence-corrected chi connectivity index (χ4v) is 2.80. The molecule has 3 unspecified atom stereocenters. The van der Waals surface area contributed by atoms with Crippen LogP contribution in [0.5, 0.6) is 0 Å². The van der Waals surface area contributed by atoms with Crippen molar-refractivity contribution in [2.75, 3.05) is 13.1 Å². The molecular weight excluding hydrogens is 244 g/mol. The quantitative estimate of drug-likeness (QED) is 0.623. The van der Waals surface area contributed by atoms with Gasteiger partial charge in [0.25, 0.3) is 0 Å². The average molecular weight is 262 g/mol. The molecule has 1 aromatic rings. The maximum atomic E-state index is 12.3. The van der Waals surface area contributed by atoms with Gasteiger partial charge < -0.3 is 20.4 Å². The Kier molecular flexibility index (Phi) is 3.26. The molecule has 3 rings (SSSR count). The van der Waals surface area contributed by atoms with Gasteiger partial charge in [0, 0.05) is 19.6 Å². The van der Waals surface area contributed by atoms with Crippen LogP contribution in [0.4, 0.5) is 0 Å². The van der Waals surface area contributed by atoms with Crippen molar-refractivity contribution in [3.8, 4) is 0 Å². The fraction of sp³-hybridized carbons (Fsp3) is 0.500. The molecule has 0 aliphatic carbocycles. The highest BCUT2D eigenvalue weighted by Crippen LogP contribution is 2.19. The first-order valence-corrected chi connectivity index (χ1v) is 6.60. The summed E-state index contributed by atoms with van der Waals surface area (Å²) in [4.78, 5) is 13.9. The summed E-state index contributed by atoms with van der Waals surface area (Å²) in [7, 11) is 0. The van der Waals surface area contributed by atoms with Crippen molar-refractivity contribution in [1.29, 1.82) is 0 Å². The molecule has 2 aliphatic rings. The van der Waals surface area contributed by atoms with Crippen LogP contribution in [0, 0.1) is 0 Å². The van der Waals surface area contributed by atoms with Crippen LogP contribution in [0.2, 0.25) is 0 Å². The molecule has 0 radical (unpaired) electrons. The van der Waals surface area contributed by atoms with Crippen molar-refractivity contribution in [2.45, 2.75) is 31.2 Å². The third-order valence-electron chi connectivity index (χ3n) is 3.95. The number of aliphatic hydroxyl groups is 2. The molecule has 3 N–H and O–H groups in total. The molecule has 19 heavy (non-hydrogen) atoms. The number of hydrogen-bond donors (Lipinski definition) is 3. The first-order valence-electron chi connectivity index (χ1n) is 6.60. The maximum absolute atomic E-state index is 12.3. The Bertz CT molecular complexity index is 481. The highest BCUT2D eigenvalue weighted by atomic mass is 16.3. The van der Waals surface area contributed by atoms with Gasteiger partial charge >= 0.3 is 0 Å². The lowest BCUT2D eigenvalue weighted by Crippen LogP contribution is -2.49. The molecule has 0 spiro atoms. The molecule has 3 atom stereocenters. The normalized spacial score (nSPS) is 30.2. The number of β-amino-alcohol motifs (C(OH)–C–C–N with tert-alkyl or cyclic N) is 2. The predicted octanol–water partition coefficient (Wildman–Crippen LogP) is -0.735. The van der Waals surface area contributed by atoms with Crippen molar-refractivity contribution >= 4 is 5.91 Å². The van der Waals surface area contributed by atoms with Crippen LogP contribution in [-0.4, -0.2) is 52.4 Å². The molecule has 1 fully saturated rings. The van der Waals surface area contributed by atoms with Crippen LogP contribution in [0.25, 0.3) is 0 Å². The van der Waals surface area contributed by atoms with Crippen LogP contribution in [0.15, 0.2) is 24.3 Å². The topological polar surface area (TPSA) is 72.8 Å². The number of carbonyl (C=O) groups excluding carboxylic acids is 1. The Morgan fingerprint density at radius 2 is 1.79 bits per heavy atom. The molecule has 1 aromatic carbocycles. The number of likely N-dealkylation sites (tertiary alicyclic amines) is 1. The Balaban J connectivity index is 1.70. The summed E-state index contributed by atoms with van der Waals surface area (Å²) >= 11 is 0. The second-order valence-corrected chi connectivity index (χ2v) is 5.28. The maximum Gasteiger partial charge on any atom is 0.240 e. The first kappa shape index (κ1) is 12.6. The third kappa shape index (κ3) is 2.36. The van der Waals surface area contributed by atoms with Gasteiger partial charge in [0.1, 0.15) is 0 Å². The van der Waals surface area contributed by atoms with E-state index in [4.69, 9.17) is 0 Å². The zero-order valence-corrected chi connectivity index (χ0v) is 10.6. The lowest BCUT2D eigenvalue weighted by Gasteiger charge is -2.28. The number of nitrogens with zero attached hydrogens (tertiary/aromatic N) is 1. The molecule has 0 saturated carbocycles. The van der Waals surface area contributed by atoms with Gasteiger partial charge in [0.2, 0.25) is 5.91 Å². The Morgan fingerprint density at radius 1 is 1.16 bits per heavy atom. The molecule has 0 bridgehead atoms. The summed E-state index contributed by atoms with van der Waals surface area (Å²) in [6.45, 7) is 1.13. The van der Waals surface area contributed by atoms with Gasteiger partial charge in [-0.05, 0) is 17.5 Å². The highest BCUT2D eigenvalue weighted by molar-refractivity contribution is 5.83. The van der Waals surface area contributed by atoms with E-state index in [1.165, 1.54) is 11.1 Å². The molecule has 5 heteroatoms. The zero-order chi connectivity index (χ0) is 13.4. The van der Waals surface area contributed by atoms with E-state index >= 15 is 0 Å². The Hall–Kier alpha value is -1.43. The highest BCUT2D eigenvalue weighted by Gasteiger charge is 2.36. The molecular formula is C14H18N2O3. The first-order chi connectivity index (χ1) is 9.15. The number of aliphatic hydroxyl groups excluding tert-OH is 2. The lowest BCUT2D eigenvalue weighted by atomic mass is 9.95. The third-order valence-corrected chi connectivity index (χ3v) is 3.95. The van der Waals surface area contributed by atoms with Gasteiger partial charge in [-0.2, -0.15) is 0 Å². The summed E-state index contributed by atoms with van der Waals surface area (Å²) in [6, 6.07) is 7.83. The summed E-state index contributed by atoms with van der Waals surface area (Å²) in [5.74, 6) is -0.0369. The standard InChI is InChI=1S/C14H18N2O3/c17-12-7-16(8-13(12)18)14(19)11-5-9-3-1-2-4-10(9)6-15-11/h1-4,11-13,15,17-18H,5-8H2. The molecule has 2 aliphatic heterocycles. The number of carbonyl (C=O) groups is 1. The van der Waals surface area contributed by atoms with Crippen LogP contribution in [-0.2, 0) is 17.8 Å². The number of nitrogens with one attached hydrogen (secondary N) is 1. The number of benzene rings is 1. The molecule has 102 valence electrons. The predicted molar refractivity (Wildman–Crippen MR) is 69.4 cm³/mol. The van der Waals surface area contributed by atoms with Gasteiger partial charge in [-0.1, -0.05) is 24.3 Å². The van der Waals surface area contributed by atoms with Crippen LogP contribution < -0.4 is 5.32 Å². The van der Waals surface area contributed by atoms with Gasteiger partial charge in [-0.3, -0.25) is 4.79 Å². The average Bonchev–Trinajstić information content (AvgIpc) is 2.77. The fourth-order valence-electron chi connectivity index (χ4n) is 2.80. The number of amides is 1. The Morgan fingerprint density at radius 3 is 2.47 bits per heavy atom. The summed E-state index contributed by atoms with van der Waals surface area (Å²) < 4.78 is 0. The van der Waals surface area contributed by atoms with Gasteiger partial charge in [-0.25, -0.2) is 0 Å². The van der Waals surface area contributed by atoms with Crippen molar-refractivity contribution < 1.29 is 15.0 Å². The molecule has 0 aromatic heterocycles. The largest absolute Gasteiger partial charge is 0.388 e. The monoisotopic (exact) mass is 262 g/mol. The summed E-state index contributed by atoms with van der Waals surface area (Å²) in [6.07, 6.45) is -0.975. The van der Waals surface area contributed by atoms with Crippen LogP contribution in [0.3, 0.4) is 0 Å². The van der Waals surface area contributed by atoms with E-state index in [1.54, 1.807) is 4.90 Å². The van der Waals surface area contributed by atoms with E-state index in [0.717, 1.165) is 0 Å². The summed E-state index contributed by atoms with van der Waals surface area (Å²) in [5.41, 5.74) is 2.42. The van der Waals surface area contributed by atoms with Gasteiger partial charge in [-0.15, -0.1) is 0 Å². The SMILES string of the molecule is O=C(C1Cc2ccccc2CN1)N1CC(O)C(O)C1. The second-order valence-electron chi connectivity index (χ2n) is 5.28. The molecule has 2 heterocycles. The van der Waals surface area contributed by atoms with E-state index < -0.39 is 12.2 Å². The van der Waals surface area contributed by atoms with Gasteiger partial charge in [0.05, 0.1) is 18.2 Å². The van der Waals surface area contributed by atoms with E-state index in [9.17, 15) is 15.0 Å². The molecule has 1 saturated heterocycles. The van der Waals surface area contributed by atoms with Crippen LogP contribution >= 0.6 is 0 Å². The number of rotatable bonds is 1. The number of fused-ring (bicyclic) bond motifs is 1. The van der Waals surface area contributed by atoms with Crippen molar-refractivity contribution in [3.05, 3.63) is 35.4 Å².